The maximum atomic E-state index is 14.1. The quantitative estimate of drug-likeness (QED) is 0.317. The third kappa shape index (κ3) is 7.23. The van der Waals surface area contributed by atoms with Gasteiger partial charge in [-0.05, 0) is 46.4 Å². The number of carbonyl (C=O) groups excluding carboxylic acids is 2. The highest BCUT2D eigenvalue weighted by atomic mass is 35.5. The summed E-state index contributed by atoms with van der Waals surface area (Å²) in [6.45, 7) is 6.29. The Morgan fingerprint density at radius 2 is 1.73 bits per heavy atom. The van der Waals surface area contributed by atoms with Gasteiger partial charge in [-0.25, -0.2) is 4.79 Å². The summed E-state index contributed by atoms with van der Waals surface area (Å²) in [5, 5.41) is 23.2. The lowest BCUT2D eigenvalue weighted by molar-refractivity contribution is -0.144. The number of amides is 2. The summed E-state index contributed by atoms with van der Waals surface area (Å²) in [6.07, 6.45) is -3.23. The molecule has 0 bridgehead atoms. The summed E-state index contributed by atoms with van der Waals surface area (Å²) in [7, 11) is 0. The molecular weight excluding hydrogens is 548 g/mol. The number of nitrogens with zero attached hydrogens (tertiary/aromatic N) is 1. The summed E-state index contributed by atoms with van der Waals surface area (Å²) in [6, 6.07) is 17.4. The van der Waals surface area contributed by atoms with E-state index in [1.54, 1.807) is 23.1 Å². The van der Waals surface area contributed by atoms with Crippen LogP contribution in [0.4, 0.5) is 5.69 Å². The van der Waals surface area contributed by atoms with E-state index in [-0.39, 0.29) is 11.8 Å². The molecule has 0 aliphatic carbocycles. The zero-order valence-corrected chi connectivity index (χ0v) is 23.9. The van der Waals surface area contributed by atoms with Crippen LogP contribution in [0.1, 0.15) is 57.3 Å². The van der Waals surface area contributed by atoms with Crippen molar-refractivity contribution in [1.29, 1.82) is 0 Å². The zero-order valence-electron chi connectivity index (χ0n) is 23.1. The molecule has 10 heteroatoms. The number of fused-ring (bicyclic) bond motifs is 2. The first-order valence-electron chi connectivity index (χ1n) is 13.3. The highest BCUT2D eigenvalue weighted by Gasteiger charge is 2.39. The summed E-state index contributed by atoms with van der Waals surface area (Å²) in [5.74, 6) is -3.73. The normalized spacial score (nSPS) is 18.0. The molecule has 0 saturated heterocycles. The number of carbonyl (C=O) groups is 4. The Bertz CT molecular complexity index is 1480. The average molecular weight is 581 g/mol. The van der Waals surface area contributed by atoms with E-state index in [0.717, 1.165) is 16.3 Å². The van der Waals surface area contributed by atoms with E-state index in [1.165, 1.54) is 0 Å². The zero-order chi connectivity index (χ0) is 29.9. The van der Waals surface area contributed by atoms with Gasteiger partial charge in [-0.3, -0.25) is 14.4 Å². The van der Waals surface area contributed by atoms with Gasteiger partial charge in [-0.15, -0.1) is 0 Å². The smallest absolute Gasteiger partial charge is 0.326 e. The predicted molar refractivity (Wildman–Crippen MR) is 155 cm³/mol. The van der Waals surface area contributed by atoms with Crippen LogP contribution >= 0.6 is 11.6 Å². The fourth-order valence-electron chi connectivity index (χ4n) is 5.01. The molecule has 3 aromatic rings. The van der Waals surface area contributed by atoms with Crippen molar-refractivity contribution in [2.75, 3.05) is 11.4 Å². The van der Waals surface area contributed by atoms with Gasteiger partial charge in [0.1, 0.15) is 18.2 Å². The first-order chi connectivity index (χ1) is 19.3. The predicted octanol–water partition coefficient (Wildman–Crippen LogP) is 5.18. The van der Waals surface area contributed by atoms with Gasteiger partial charge in [0.15, 0.2) is 0 Å². The van der Waals surface area contributed by atoms with E-state index >= 15 is 0 Å². The Balaban J connectivity index is 1.78. The first kappa shape index (κ1) is 30.0. The van der Waals surface area contributed by atoms with Gasteiger partial charge in [-0.2, -0.15) is 0 Å². The van der Waals surface area contributed by atoms with E-state index < -0.39 is 54.8 Å². The van der Waals surface area contributed by atoms with E-state index in [4.69, 9.17) is 21.4 Å². The van der Waals surface area contributed by atoms with Crippen LogP contribution in [0, 0.1) is 5.41 Å². The van der Waals surface area contributed by atoms with Gasteiger partial charge < -0.3 is 25.2 Å². The number of rotatable bonds is 9. The number of benzene rings is 3. The molecule has 0 spiro atoms. The number of hydrogen-bond acceptors (Lipinski definition) is 5. The molecule has 0 unspecified atom stereocenters. The van der Waals surface area contributed by atoms with Crippen LogP contribution in [0.5, 0.6) is 0 Å². The van der Waals surface area contributed by atoms with Crippen molar-refractivity contribution in [3.05, 3.63) is 76.8 Å². The van der Waals surface area contributed by atoms with Crippen LogP contribution in [0.25, 0.3) is 10.8 Å². The molecule has 4 rings (SSSR count). The third-order valence-electron chi connectivity index (χ3n) is 6.79. The van der Waals surface area contributed by atoms with Gasteiger partial charge in [0.05, 0.1) is 6.42 Å². The number of aliphatic carboxylic acids is 2. The Kier molecular flexibility index (Phi) is 8.99. The molecular formula is C31H33ClN2O7. The highest BCUT2D eigenvalue weighted by molar-refractivity contribution is 6.30. The van der Waals surface area contributed by atoms with Crippen molar-refractivity contribution in [2.45, 2.75) is 58.3 Å². The van der Waals surface area contributed by atoms with E-state index in [2.05, 4.69) is 5.32 Å². The summed E-state index contributed by atoms with van der Waals surface area (Å²) >= 11 is 6.46. The maximum absolute atomic E-state index is 14.1. The fourth-order valence-corrected chi connectivity index (χ4v) is 5.19. The molecule has 1 heterocycles. The Morgan fingerprint density at radius 3 is 2.41 bits per heavy atom. The van der Waals surface area contributed by atoms with Gasteiger partial charge in [0.25, 0.3) is 5.91 Å². The number of halogens is 1. The average Bonchev–Trinajstić information content (AvgIpc) is 3.00. The summed E-state index contributed by atoms with van der Waals surface area (Å²) < 4.78 is 6.50. The van der Waals surface area contributed by atoms with E-state index in [9.17, 15) is 24.3 Å². The molecule has 1 aliphatic heterocycles. The van der Waals surface area contributed by atoms with Crippen molar-refractivity contribution >= 4 is 51.8 Å². The highest BCUT2D eigenvalue weighted by Crippen LogP contribution is 2.42. The lowest BCUT2D eigenvalue weighted by Crippen LogP contribution is -2.47. The second-order valence-electron chi connectivity index (χ2n) is 11.4. The number of hydrogen-bond donors (Lipinski definition) is 3. The topological polar surface area (TPSA) is 133 Å². The molecule has 0 aromatic heterocycles. The van der Waals surface area contributed by atoms with Gasteiger partial charge in [-0.1, -0.05) is 74.8 Å². The standard InChI is InChI=1S/C31H33ClN2O7/c1-31(2,3)17-34-24-13-11-19(32)15-22(24)28(21-10-6-8-18-7-4-5-9-20(18)21)41-25(29(34)38)16-26(35)33-23(30(39)40)12-14-27(36)37/h4-11,13,15,23,25,28H,12,14,16-17H2,1-3H3,(H,33,35)(H,36,37)(H,39,40)/t23-,25-,28-/m0/s1. The van der Waals surface area contributed by atoms with Crippen LogP contribution in [0.2, 0.25) is 5.02 Å². The minimum absolute atomic E-state index is 0.297. The summed E-state index contributed by atoms with van der Waals surface area (Å²) in [4.78, 5) is 51.4. The van der Waals surface area contributed by atoms with Crippen molar-refractivity contribution < 1.29 is 34.1 Å². The van der Waals surface area contributed by atoms with Crippen LogP contribution in [0.15, 0.2) is 60.7 Å². The lowest BCUT2D eigenvalue weighted by atomic mass is 9.93. The molecule has 41 heavy (non-hydrogen) atoms. The van der Waals surface area contributed by atoms with Gasteiger partial charge >= 0.3 is 11.9 Å². The third-order valence-corrected chi connectivity index (χ3v) is 7.03. The number of carboxylic acid groups (broad SMARTS) is 2. The van der Waals surface area contributed by atoms with Crippen molar-refractivity contribution in [2.24, 2.45) is 5.41 Å². The summed E-state index contributed by atoms with van der Waals surface area (Å²) in [5.41, 5.74) is 1.75. The molecule has 216 valence electrons. The number of ether oxygens (including phenoxy) is 1. The molecule has 2 amide bonds. The maximum Gasteiger partial charge on any atom is 0.326 e. The van der Waals surface area contributed by atoms with E-state index in [1.807, 2.05) is 63.2 Å². The second kappa shape index (κ2) is 12.3. The molecule has 3 N–H and O–H groups in total. The van der Waals surface area contributed by atoms with Crippen LogP contribution in [-0.4, -0.2) is 52.7 Å². The second-order valence-corrected chi connectivity index (χ2v) is 11.8. The SMILES string of the molecule is CC(C)(C)CN1C(=O)[C@H](CC(=O)N[C@@H](CCC(=O)O)C(=O)O)O[C@@H](c2cccc3ccccc23)c2cc(Cl)ccc21. The monoisotopic (exact) mass is 580 g/mol. The van der Waals surface area contributed by atoms with Crippen LogP contribution in [-0.2, 0) is 23.9 Å². The van der Waals surface area contributed by atoms with Crippen molar-refractivity contribution in [1.82, 2.24) is 5.32 Å². The minimum Gasteiger partial charge on any atom is -0.481 e. The van der Waals surface area contributed by atoms with E-state index in [0.29, 0.717) is 22.8 Å². The molecule has 3 atom stereocenters. The van der Waals surface area contributed by atoms with Crippen LogP contribution in [0.3, 0.4) is 0 Å². The van der Waals surface area contributed by atoms with Crippen molar-refractivity contribution in [3.63, 3.8) is 0 Å². The lowest BCUT2D eigenvalue weighted by Gasteiger charge is -2.31. The molecule has 0 saturated carbocycles. The number of carboxylic acids is 2. The van der Waals surface area contributed by atoms with Crippen molar-refractivity contribution in [3.8, 4) is 0 Å². The molecule has 0 radical (unpaired) electrons. The minimum atomic E-state index is -1.42. The van der Waals surface area contributed by atoms with Gasteiger partial charge in [0.2, 0.25) is 5.91 Å². The molecule has 9 nitrogen and oxygen atoms in total. The van der Waals surface area contributed by atoms with Crippen LogP contribution < -0.4 is 10.2 Å². The molecule has 0 fully saturated rings. The molecule has 3 aromatic carbocycles. The largest absolute Gasteiger partial charge is 0.481 e. The number of nitrogens with one attached hydrogen (secondary N) is 1. The number of anilines is 1. The molecule has 1 aliphatic rings. The Morgan fingerprint density at radius 1 is 1.02 bits per heavy atom. The first-order valence-corrected chi connectivity index (χ1v) is 13.7. The Hall–Kier alpha value is -3.95. The van der Waals surface area contributed by atoms with Gasteiger partial charge in [0, 0.05) is 29.2 Å². The Labute approximate surface area is 243 Å². The fraction of sp³-hybridized carbons (Fsp3) is 0.355.